The summed E-state index contributed by atoms with van der Waals surface area (Å²) in [5.74, 6) is 0.508. The van der Waals surface area contributed by atoms with Gasteiger partial charge in [-0.05, 0) is 0 Å². The Balaban J connectivity index is 0.00000230. The van der Waals surface area contributed by atoms with Crippen molar-refractivity contribution in [1.29, 1.82) is 0 Å². The second-order valence-electron chi connectivity index (χ2n) is 15.2. The average Bonchev–Trinajstić information content (AvgIpc) is 3.52. The molecule has 4 aromatic rings. The van der Waals surface area contributed by atoms with Crippen molar-refractivity contribution in [2.75, 3.05) is 0 Å². The van der Waals surface area contributed by atoms with Gasteiger partial charge in [0.05, 0.1) is 0 Å². The minimum Gasteiger partial charge on any atom is -0.147 e. The molecule has 6 rings (SSSR count). The van der Waals surface area contributed by atoms with Crippen molar-refractivity contribution < 1.29 is 17.4 Å². The van der Waals surface area contributed by atoms with Gasteiger partial charge in [0.25, 0.3) is 0 Å². The molecule has 0 nitrogen and oxygen atoms in total. The maximum absolute atomic E-state index is 3.69. The monoisotopic (exact) mass is 730 g/mol. The predicted molar refractivity (Wildman–Crippen MR) is 204 cm³/mol. The summed E-state index contributed by atoms with van der Waals surface area (Å²) in [5, 5.41) is 0. The molecule has 2 aliphatic rings. The third-order valence-corrected chi connectivity index (χ3v) is 28.2. The van der Waals surface area contributed by atoms with E-state index in [0.717, 1.165) is 0 Å². The van der Waals surface area contributed by atoms with Crippen LogP contribution in [0.4, 0.5) is 0 Å². The first-order valence-corrected chi connectivity index (χ1v) is 29.7. The van der Waals surface area contributed by atoms with Gasteiger partial charge in [-0.2, -0.15) is 0 Å². The molecule has 0 bridgehead atoms. The van der Waals surface area contributed by atoms with Crippen LogP contribution in [0.15, 0.2) is 77.9 Å². The zero-order valence-corrected chi connectivity index (χ0v) is 34.3. The third kappa shape index (κ3) is 5.88. The van der Waals surface area contributed by atoms with Gasteiger partial charge in [0.2, 0.25) is 0 Å². The van der Waals surface area contributed by atoms with Crippen LogP contribution in [0.1, 0.15) is 78.1 Å². The normalized spacial score (nSPS) is 17.2. The number of hydrogen-bond acceptors (Lipinski definition) is 0. The van der Waals surface area contributed by atoms with Crippen molar-refractivity contribution in [3.05, 3.63) is 128 Å². The fourth-order valence-electron chi connectivity index (χ4n) is 8.72. The van der Waals surface area contributed by atoms with E-state index in [1.54, 1.807) is 22.3 Å². The molecule has 0 fully saturated rings. The second-order valence-corrected chi connectivity index (χ2v) is 45.7. The van der Waals surface area contributed by atoms with E-state index in [2.05, 4.69) is 150 Å². The number of allylic oxidation sites excluding steroid dienone is 2. The number of hydrogen-bond donors (Lipinski definition) is 0. The number of aryl methyl sites for hydroxylation is 5. The molecule has 0 N–H and O–H groups in total. The molecule has 2 unspecified atom stereocenters. The Kier molecular flexibility index (Phi) is 10.0. The molecule has 0 radical (unpaired) electrons. The molecule has 0 amide bonds. The van der Waals surface area contributed by atoms with Gasteiger partial charge in [-0.15, -0.1) is 24.8 Å². The molecule has 0 heterocycles. The van der Waals surface area contributed by atoms with E-state index in [1.165, 1.54) is 61.2 Å². The Morgan fingerprint density at radius 3 is 1.69 bits per heavy atom. The molecule has 2 atom stereocenters. The zero-order chi connectivity index (χ0) is 31.0. The molecule has 0 saturated carbocycles. The summed E-state index contributed by atoms with van der Waals surface area (Å²) in [4.78, 5) is 0. The molecule has 45 heavy (non-hydrogen) atoms. The number of fused-ring (bicyclic) bond motifs is 2. The van der Waals surface area contributed by atoms with Crippen molar-refractivity contribution in [3.8, 4) is 22.3 Å². The van der Waals surface area contributed by atoms with Crippen LogP contribution in [-0.2, 0) is 17.4 Å². The Labute approximate surface area is 287 Å². The topological polar surface area (TPSA) is 0 Å². The molecule has 0 aromatic heterocycles. The van der Waals surface area contributed by atoms with Crippen LogP contribution in [0, 0.1) is 40.5 Å². The van der Waals surface area contributed by atoms with E-state index in [-0.39, 0.29) is 24.8 Å². The Morgan fingerprint density at radius 2 is 1.13 bits per heavy atom. The van der Waals surface area contributed by atoms with Crippen LogP contribution in [-0.4, -0.2) is 6.88 Å². The molecule has 236 valence electrons. The van der Waals surface area contributed by atoms with Crippen molar-refractivity contribution in [3.63, 3.8) is 0 Å². The maximum atomic E-state index is 2.78. The number of halogens is 2. The van der Waals surface area contributed by atoms with Gasteiger partial charge < -0.3 is 0 Å². The van der Waals surface area contributed by atoms with Gasteiger partial charge in [-0.25, -0.2) is 0 Å². The van der Waals surface area contributed by atoms with Gasteiger partial charge >= 0.3 is 264 Å². The molecule has 4 aromatic carbocycles. The molecule has 0 aliphatic heterocycles. The minimum absolute atomic E-state index is 0. The van der Waals surface area contributed by atoms with E-state index in [9.17, 15) is 0 Å². The van der Waals surface area contributed by atoms with E-state index in [0.29, 0.717) is 13.2 Å². The van der Waals surface area contributed by atoms with Gasteiger partial charge in [0.15, 0.2) is 0 Å². The summed E-state index contributed by atoms with van der Waals surface area (Å²) in [6.45, 7) is 21.1. The quantitative estimate of drug-likeness (QED) is 0.179. The average molecular weight is 733 g/mol. The number of benzene rings is 4. The second kappa shape index (κ2) is 12.6. The standard InChI is InChI=1S/C20H21.C19H19.2CH3.2ClH.H2Si.Zr/c1-13(2)17-11-16-6-5-7-18(20(16)12-17)19-10-14(3)8-9-15(19)4;1-12-5-6-14(3)17(9-12)16-8-7-15(4)18-10-13(2)11-19(16)18;;;;;;/h5-13H,1-4H3;5-11H,1-4H3;2*1H3;2*1H;1H2;. The molecular formula is C41H50Cl2SiZr. The van der Waals surface area contributed by atoms with Crippen molar-refractivity contribution in [2.45, 2.75) is 71.9 Å². The summed E-state index contributed by atoms with van der Waals surface area (Å²) < 4.78 is 6.59. The van der Waals surface area contributed by atoms with Crippen LogP contribution in [0.2, 0.25) is 9.26 Å². The summed E-state index contributed by atoms with van der Waals surface area (Å²) >= 11 is -3.69. The van der Waals surface area contributed by atoms with Crippen molar-refractivity contribution in [2.24, 2.45) is 5.92 Å². The summed E-state index contributed by atoms with van der Waals surface area (Å²) in [5.41, 5.74) is 21.8. The smallest absolute Gasteiger partial charge is 0.147 e. The fraction of sp³-hybridized carbons (Fsp3) is 0.317. The SMILES string of the molecule is CC1=Cc2c(-c3cc(C)ccc3C)ccc(C)c2[CH]1[Zr]([CH3])([CH3])(=[SiH2])[CH]1C(C(C)C)=Cc2c(-c3cc(C)ccc3C)cccc21.Cl.Cl. The molecule has 0 saturated heterocycles. The van der Waals surface area contributed by atoms with Crippen molar-refractivity contribution in [1.82, 2.24) is 0 Å². The first-order valence-electron chi connectivity index (χ1n) is 16.1. The van der Waals surface area contributed by atoms with Gasteiger partial charge in [-0.3, -0.25) is 0 Å². The van der Waals surface area contributed by atoms with Crippen LogP contribution < -0.4 is 0 Å². The molecule has 2 aliphatic carbocycles. The van der Waals surface area contributed by atoms with E-state index >= 15 is 0 Å². The van der Waals surface area contributed by atoms with E-state index < -0.39 is 17.4 Å². The first kappa shape index (κ1) is 35.9. The predicted octanol–water partition coefficient (Wildman–Crippen LogP) is 12.0. The van der Waals surface area contributed by atoms with Crippen LogP contribution in [0.5, 0.6) is 0 Å². The van der Waals surface area contributed by atoms with Gasteiger partial charge in [0, 0.05) is 0 Å². The summed E-state index contributed by atoms with van der Waals surface area (Å²) in [6.07, 6.45) is 5.18. The Bertz CT molecular complexity index is 1950. The summed E-state index contributed by atoms with van der Waals surface area (Å²) in [7, 11) is 0. The first-order chi connectivity index (χ1) is 20.2. The molecular weight excluding hydrogens is 683 g/mol. The Hall–Kier alpha value is -1.96. The maximum Gasteiger partial charge on any atom is -0.147 e. The van der Waals surface area contributed by atoms with Crippen LogP contribution in [0.3, 0.4) is 0 Å². The van der Waals surface area contributed by atoms with E-state index in [1.807, 2.05) is 0 Å². The van der Waals surface area contributed by atoms with Gasteiger partial charge in [0.1, 0.15) is 0 Å². The van der Waals surface area contributed by atoms with Crippen LogP contribution in [0.25, 0.3) is 34.4 Å². The van der Waals surface area contributed by atoms with Crippen LogP contribution >= 0.6 is 24.8 Å². The fourth-order valence-corrected chi connectivity index (χ4v) is 29.3. The van der Waals surface area contributed by atoms with E-state index in [4.69, 9.17) is 0 Å². The largest absolute Gasteiger partial charge is 0.147 e. The third-order valence-electron chi connectivity index (χ3n) is 10.6. The molecule has 4 heteroatoms. The zero-order valence-electron chi connectivity index (χ0n) is 28.8. The molecule has 0 spiro atoms. The van der Waals surface area contributed by atoms with Crippen molar-refractivity contribution >= 4 is 43.8 Å². The summed E-state index contributed by atoms with van der Waals surface area (Å²) in [6, 6.07) is 25.8. The Morgan fingerprint density at radius 1 is 0.600 bits per heavy atom. The van der Waals surface area contributed by atoms with Gasteiger partial charge in [-0.1, -0.05) is 0 Å². The minimum atomic E-state index is -3.69. The number of rotatable bonds is 5.